The summed E-state index contributed by atoms with van der Waals surface area (Å²) in [6, 6.07) is 18.7. The van der Waals surface area contributed by atoms with Gasteiger partial charge in [-0.1, -0.05) is 12.1 Å². The van der Waals surface area contributed by atoms with Gasteiger partial charge in [-0.25, -0.2) is 13.8 Å². The second-order valence-electron chi connectivity index (χ2n) is 9.73. The van der Waals surface area contributed by atoms with Crippen LogP contribution in [0.3, 0.4) is 0 Å². The number of carbonyl (C=O) groups is 2. The first kappa shape index (κ1) is 28.9. The third kappa shape index (κ3) is 6.99. The van der Waals surface area contributed by atoms with Crippen molar-refractivity contribution >= 4 is 17.8 Å². The number of aromatic nitrogens is 2. The molecule has 0 radical (unpaired) electrons. The van der Waals surface area contributed by atoms with Gasteiger partial charge in [-0.3, -0.25) is 24.4 Å². The lowest BCUT2D eigenvalue weighted by Crippen LogP contribution is -2.45. The van der Waals surface area contributed by atoms with E-state index in [1.165, 1.54) is 35.2 Å². The monoisotopic (exact) mass is 575 g/mol. The average Bonchev–Trinajstić information content (AvgIpc) is 3.43. The lowest BCUT2D eigenvalue weighted by atomic mass is 10.1. The molecule has 0 aliphatic carbocycles. The molecule has 9 nitrogen and oxygen atoms in total. The molecular formula is C31H31F2N5O4. The van der Waals surface area contributed by atoms with Gasteiger partial charge in [0.15, 0.2) is 0 Å². The van der Waals surface area contributed by atoms with Crippen LogP contribution in [0.2, 0.25) is 0 Å². The number of amides is 2. The van der Waals surface area contributed by atoms with E-state index in [0.717, 1.165) is 5.56 Å². The molecule has 0 bridgehead atoms. The molecule has 1 aliphatic rings. The highest BCUT2D eigenvalue weighted by Crippen LogP contribution is 2.26. The number of methoxy groups -OCH3 is 1. The summed E-state index contributed by atoms with van der Waals surface area (Å²) >= 11 is 0. The Hall–Kier alpha value is -4.61. The Morgan fingerprint density at radius 2 is 1.71 bits per heavy atom. The number of morpholine rings is 1. The summed E-state index contributed by atoms with van der Waals surface area (Å²) in [5, 5.41) is 2.80. The van der Waals surface area contributed by atoms with Gasteiger partial charge in [-0.15, -0.1) is 0 Å². The van der Waals surface area contributed by atoms with Crippen LogP contribution in [0.1, 0.15) is 10.4 Å². The van der Waals surface area contributed by atoms with Crippen LogP contribution >= 0.6 is 0 Å². The SMILES string of the molecule is COc1ccc(-c2cn(-c3ccc(F)cc3)c(NC(=O)CN(CCN3CCOCC3)C(=O)c3ccccc3F)n2)cc1. The summed E-state index contributed by atoms with van der Waals surface area (Å²) in [6.07, 6.45) is 1.73. The quantitative estimate of drug-likeness (QED) is 0.305. The minimum Gasteiger partial charge on any atom is -0.497 e. The molecule has 2 heterocycles. The van der Waals surface area contributed by atoms with Crippen molar-refractivity contribution in [3.8, 4) is 22.7 Å². The molecule has 1 aliphatic heterocycles. The molecule has 218 valence electrons. The highest BCUT2D eigenvalue weighted by molar-refractivity contribution is 5.99. The number of imidazole rings is 1. The number of halogens is 2. The molecule has 11 heteroatoms. The number of benzene rings is 3. The van der Waals surface area contributed by atoms with Crippen LogP contribution in [-0.4, -0.2) is 84.2 Å². The summed E-state index contributed by atoms with van der Waals surface area (Å²) in [6.45, 7) is 2.97. The van der Waals surface area contributed by atoms with E-state index in [2.05, 4.69) is 15.2 Å². The molecule has 1 aromatic heterocycles. The highest BCUT2D eigenvalue weighted by Gasteiger charge is 2.24. The van der Waals surface area contributed by atoms with Crippen molar-refractivity contribution < 1.29 is 27.8 Å². The standard InChI is InChI=1S/C31H31F2N5O4/c1-41-25-12-6-22(7-13-25)28-20-38(24-10-8-23(32)9-11-24)31(34-28)35-29(39)21-37(15-14-36-16-18-42-19-17-36)30(40)26-4-2-3-5-27(26)33/h2-13,20H,14-19,21H2,1H3,(H,34,35,39). The van der Waals surface area contributed by atoms with E-state index in [0.29, 0.717) is 50.0 Å². The van der Waals surface area contributed by atoms with Crippen molar-refractivity contribution in [2.75, 3.05) is 58.4 Å². The van der Waals surface area contributed by atoms with Gasteiger partial charge in [0, 0.05) is 43.6 Å². The van der Waals surface area contributed by atoms with E-state index in [1.807, 2.05) is 12.1 Å². The predicted molar refractivity (Wildman–Crippen MR) is 154 cm³/mol. The zero-order chi connectivity index (χ0) is 29.5. The first-order chi connectivity index (χ1) is 20.4. The first-order valence-corrected chi connectivity index (χ1v) is 13.5. The predicted octanol–water partition coefficient (Wildman–Crippen LogP) is 4.24. The molecule has 0 unspecified atom stereocenters. The van der Waals surface area contributed by atoms with E-state index in [-0.39, 0.29) is 24.6 Å². The van der Waals surface area contributed by atoms with Crippen molar-refractivity contribution in [2.45, 2.75) is 0 Å². The van der Waals surface area contributed by atoms with Crippen molar-refractivity contribution in [3.63, 3.8) is 0 Å². The molecule has 0 saturated carbocycles. The second-order valence-corrected chi connectivity index (χ2v) is 9.73. The van der Waals surface area contributed by atoms with Gasteiger partial charge in [0.2, 0.25) is 11.9 Å². The Morgan fingerprint density at radius 1 is 1.00 bits per heavy atom. The maximum atomic E-state index is 14.5. The largest absolute Gasteiger partial charge is 0.497 e. The van der Waals surface area contributed by atoms with Gasteiger partial charge in [0.1, 0.15) is 23.9 Å². The van der Waals surface area contributed by atoms with Gasteiger partial charge in [0.25, 0.3) is 5.91 Å². The Kier molecular flexibility index (Phi) is 9.20. The van der Waals surface area contributed by atoms with Gasteiger partial charge in [0.05, 0.1) is 31.6 Å². The molecule has 1 N–H and O–H groups in total. The third-order valence-corrected chi connectivity index (χ3v) is 6.96. The van der Waals surface area contributed by atoms with Crippen LogP contribution in [0.4, 0.5) is 14.7 Å². The van der Waals surface area contributed by atoms with E-state index >= 15 is 0 Å². The van der Waals surface area contributed by atoms with E-state index in [1.54, 1.807) is 48.2 Å². The number of ether oxygens (including phenoxy) is 2. The van der Waals surface area contributed by atoms with Crippen molar-refractivity contribution in [1.82, 2.24) is 19.4 Å². The zero-order valence-electron chi connectivity index (χ0n) is 23.1. The maximum Gasteiger partial charge on any atom is 0.257 e. The van der Waals surface area contributed by atoms with Gasteiger partial charge in [-0.05, 0) is 60.7 Å². The molecule has 42 heavy (non-hydrogen) atoms. The number of rotatable bonds is 10. The van der Waals surface area contributed by atoms with Gasteiger partial charge >= 0.3 is 0 Å². The lowest BCUT2D eigenvalue weighted by Gasteiger charge is -2.30. The number of nitrogens with zero attached hydrogens (tertiary/aromatic N) is 4. The number of hydrogen-bond acceptors (Lipinski definition) is 6. The normalized spacial score (nSPS) is 13.5. The maximum absolute atomic E-state index is 14.5. The van der Waals surface area contributed by atoms with Crippen LogP contribution in [0, 0.1) is 11.6 Å². The molecule has 0 spiro atoms. The number of hydrogen-bond donors (Lipinski definition) is 1. The fraction of sp³-hybridized carbons (Fsp3) is 0.258. The molecule has 4 aromatic rings. The van der Waals surface area contributed by atoms with Crippen LogP contribution in [0.25, 0.3) is 16.9 Å². The first-order valence-electron chi connectivity index (χ1n) is 13.5. The van der Waals surface area contributed by atoms with Crippen molar-refractivity contribution in [2.24, 2.45) is 0 Å². The third-order valence-electron chi connectivity index (χ3n) is 6.96. The molecule has 5 rings (SSSR count). The zero-order valence-corrected chi connectivity index (χ0v) is 23.1. The van der Waals surface area contributed by atoms with Crippen molar-refractivity contribution in [3.05, 3.63) is 96.2 Å². The Balaban J connectivity index is 1.39. The average molecular weight is 576 g/mol. The molecule has 1 fully saturated rings. The Bertz CT molecular complexity index is 1520. The minimum atomic E-state index is -0.657. The molecular weight excluding hydrogens is 544 g/mol. The molecule has 3 aromatic carbocycles. The summed E-state index contributed by atoms with van der Waals surface area (Å²) in [5.74, 6) is -1.29. The molecule has 2 amide bonds. The number of nitrogens with one attached hydrogen (secondary N) is 1. The van der Waals surface area contributed by atoms with Gasteiger partial charge in [-0.2, -0.15) is 0 Å². The minimum absolute atomic E-state index is 0.109. The van der Waals surface area contributed by atoms with E-state index < -0.39 is 23.4 Å². The second kappa shape index (κ2) is 13.4. The Morgan fingerprint density at radius 3 is 2.40 bits per heavy atom. The van der Waals surface area contributed by atoms with E-state index in [9.17, 15) is 18.4 Å². The topological polar surface area (TPSA) is 88.9 Å². The van der Waals surface area contributed by atoms with Crippen LogP contribution in [0.5, 0.6) is 5.75 Å². The summed E-state index contributed by atoms with van der Waals surface area (Å²) in [5.41, 5.74) is 1.80. The molecule has 0 atom stereocenters. The fourth-order valence-electron chi connectivity index (χ4n) is 4.65. The number of carbonyl (C=O) groups excluding carboxylic acids is 2. The van der Waals surface area contributed by atoms with E-state index in [4.69, 9.17) is 9.47 Å². The highest BCUT2D eigenvalue weighted by atomic mass is 19.1. The summed E-state index contributed by atoms with van der Waals surface area (Å²) < 4.78 is 40.5. The van der Waals surface area contributed by atoms with Crippen LogP contribution in [0.15, 0.2) is 79.0 Å². The smallest absolute Gasteiger partial charge is 0.257 e. The lowest BCUT2D eigenvalue weighted by molar-refractivity contribution is -0.117. The summed E-state index contributed by atoms with van der Waals surface area (Å²) in [4.78, 5) is 34.9. The Labute approximate surface area is 242 Å². The molecule has 1 saturated heterocycles. The fourth-order valence-corrected chi connectivity index (χ4v) is 4.65. The van der Waals surface area contributed by atoms with Gasteiger partial charge < -0.3 is 14.4 Å². The summed E-state index contributed by atoms with van der Waals surface area (Å²) in [7, 11) is 1.58. The van der Waals surface area contributed by atoms with Crippen LogP contribution in [-0.2, 0) is 9.53 Å². The van der Waals surface area contributed by atoms with Crippen LogP contribution < -0.4 is 10.1 Å². The van der Waals surface area contributed by atoms with Crippen molar-refractivity contribution in [1.29, 1.82) is 0 Å². The number of anilines is 1.